The standard InChI is InChI=1S/C12H16ClNO/c1-8-4-10(13)5-9-6-11(14(2)3)7-15-12(8)9/h4-5,11H,6-7H2,1-3H3. The van der Waals surface area contributed by atoms with E-state index in [-0.39, 0.29) is 0 Å². The first-order valence-corrected chi connectivity index (χ1v) is 5.54. The molecule has 1 aromatic rings. The molecule has 2 rings (SSSR count). The molecule has 1 aliphatic rings. The highest BCUT2D eigenvalue weighted by Crippen LogP contribution is 2.32. The molecule has 0 N–H and O–H groups in total. The van der Waals surface area contributed by atoms with Crippen molar-refractivity contribution in [3.8, 4) is 5.75 Å². The lowest BCUT2D eigenvalue weighted by Gasteiger charge is -2.30. The van der Waals surface area contributed by atoms with Gasteiger partial charge in [0.1, 0.15) is 12.4 Å². The van der Waals surface area contributed by atoms with Crippen molar-refractivity contribution < 1.29 is 4.74 Å². The molecular weight excluding hydrogens is 210 g/mol. The van der Waals surface area contributed by atoms with Crippen LogP contribution < -0.4 is 4.74 Å². The summed E-state index contributed by atoms with van der Waals surface area (Å²) in [6, 6.07) is 4.42. The Hall–Kier alpha value is -0.730. The van der Waals surface area contributed by atoms with Gasteiger partial charge >= 0.3 is 0 Å². The Kier molecular flexibility index (Phi) is 2.89. The van der Waals surface area contributed by atoms with Gasteiger partial charge in [0.15, 0.2) is 0 Å². The lowest BCUT2D eigenvalue weighted by molar-refractivity contribution is 0.164. The third kappa shape index (κ3) is 2.11. The summed E-state index contributed by atoms with van der Waals surface area (Å²) in [6.07, 6.45) is 1.02. The zero-order valence-corrected chi connectivity index (χ0v) is 10.1. The molecule has 3 heteroatoms. The number of nitrogens with zero attached hydrogens (tertiary/aromatic N) is 1. The summed E-state index contributed by atoms with van der Waals surface area (Å²) in [5, 5.41) is 0.800. The minimum absolute atomic E-state index is 0.454. The van der Waals surface area contributed by atoms with Gasteiger partial charge in [-0.3, -0.25) is 0 Å². The van der Waals surface area contributed by atoms with Gasteiger partial charge in [-0.2, -0.15) is 0 Å². The molecule has 1 aliphatic heterocycles. The molecule has 0 bridgehead atoms. The van der Waals surface area contributed by atoms with Crippen LogP contribution in [0.15, 0.2) is 12.1 Å². The van der Waals surface area contributed by atoms with E-state index in [1.54, 1.807) is 0 Å². The Morgan fingerprint density at radius 2 is 2.13 bits per heavy atom. The van der Waals surface area contributed by atoms with E-state index in [1.807, 2.05) is 19.1 Å². The van der Waals surface area contributed by atoms with Crippen LogP contribution in [0, 0.1) is 6.92 Å². The molecule has 0 saturated carbocycles. The summed E-state index contributed by atoms with van der Waals surface area (Å²) >= 11 is 6.04. The maximum atomic E-state index is 6.04. The number of hydrogen-bond donors (Lipinski definition) is 0. The number of aryl methyl sites for hydroxylation is 1. The van der Waals surface area contributed by atoms with E-state index in [9.17, 15) is 0 Å². The molecule has 1 unspecified atom stereocenters. The van der Waals surface area contributed by atoms with Gasteiger partial charge < -0.3 is 9.64 Å². The highest BCUT2D eigenvalue weighted by molar-refractivity contribution is 6.30. The van der Waals surface area contributed by atoms with Gasteiger partial charge in [0.2, 0.25) is 0 Å². The molecule has 0 amide bonds. The Labute approximate surface area is 95.8 Å². The highest BCUT2D eigenvalue weighted by atomic mass is 35.5. The third-order valence-electron chi connectivity index (χ3n) is 2.92. The number of benzene rings is 1. The van der Waals surface area contributed by atoms with Crippen molar-refractivity contribution >= 4 is 11.6 Å². The monoisotopic (exact) mass is 225 g/mol. The van der Waals surface area contributed by atoms with Crippen LogP contribution in [0.25, 0.3) is 0 Å². The predicted octanol–water partition coefficient (Wildman–Crippen LogP) is 2.51. The van der Waals surface area contributed by atoms with Crippen LogP contribution in [0.1, 0.15) is 11.1 Å². The number of hydrogen-bond acceptors (Lipinski definition) is 2. The van der Waals surface area contributed by atoms with E-state index in [4.69, 9.17) is 16.3 Å². The Morgan fingerprint density at radius 3 is 2.80 bits per heavy atom. The SMILES string of the molecule is Cc1cc(Cl)cc2c1OCC(N(C)C)C2. The van der Waals surface area contributed by atoms with E-state index in [0.29, 0.717) is 6.04 Å². The Balaban J connectivity index is 2.33. The molecule has 0 aromatic heterocycles. The molecule has 1 heterocycles. The van der Waals surface area contributed by atoms with Gasteiger partial charge in [-0.25, -0.2) is 0 Å². The second-order valence-corrected chi connectivity index (χ2v) is 4.78. The molecule has 0 spiro atoms. The summed E-state index contributed by atoms with van der Waals surface area (Å²) < 4.78 is 5.78. The first-order chi connectivity index (χ1) is 7.08. The van der Waals surface area contributed by atoms with E-state index in [1.165, 1.54) is 5.56 Å². The van der Waals surface area contributed by atoms with Gasteiger partial charge in [-0.05, 0) is 50.7 Å². The number of halogens is 1. The molecular formula is C12H16ClNO. The maximum absolute atomic E-state index is 6.04. The zero-order valence-electron chi connectivity index (χ0n) is 9.38. The molecule has 1 atom stereocenters. The molecule has 0 aliphatic carbocycles. The smallest absolute Gasteiger partial charge is 0.125 e. The van der Waals surface area contributed by atoms with Crippen LogP contribution in [0.4, 0.5) is 0 Å². The second-order valence-electron chi connectivity index (χ2n) is 4.34. The van der Waals surface area contributed by atoms with Gasteiger partial charge in [-0.1, -0.05) is 11.6 Å². The minimum atomic E-state index is 0.454. The molecule has 0 fully saturated rings. The lowest BCUT2D eigenvalue weighted by Crippen LogP contribution is -2.38. The first kappa shape index (κ1) is 10.8. The number of likely N-dealkylation sites (N-methyl/N-ethyl adjacent to an activating group) is 1. The Morgan fingerprint density at radius 1 is 1.40 bits per heavy atom. The fourth-order valence-corrected chi connectivity index (χ4v) is 2.28. The van der Waals surface area contributed by atoms with Crippen LogP contribution in [-0.2, 0) is 6.42 Å². The predicted molar refractivity (Wildman–Crippen MR) is 62.9 cm³/mol. The molecule has 2 nitrogen and oxygen atoms in total. The fraction of sp³-hybridized carbons (Fsp3) is 0.500. The quantitative estimate of drug-likeness (QED) is 0.728. The minimum Gasteiger partial charge on any atom is -0.491 e. The van der Waals surface area contributed by atoms with Crippen LogP contribution in [-0.4, -0.2) is 31.6 Å². The van der Waals surface area contributed by atoms with Gasteiger partial charge in [0.25, 0.3) is 0 Å². The summed E-state index contributed by atoms with van der Waals surface area (Å²) in [6.45, 7) is 2.81. The summed E-state index contributed by atoms with van der Waals surface area (Å²) in [5.74, 6) is 1.03. The van der Waals surface area contributed by atoms with Gasteiger partial charge in [0.05, 0.1) is 0 Å². The van der Waals surface area contributed by atoms with Crippen molar-refractivity contribution in [1.29, 1.82) is 0 Å². The van der Waals surface area contributed by atoms with Crippen LogP contribution in [0.2, 0.25) is 5.02 Å². The molecule has 82 valence electrons. The zero-order chi connectivity index (χ0) is 11.0. The van der Waals surface area contributed by atoms with Crippen molar-refractivity contribution in [2.24, 2.45) is 0 Å². The largest absolute Gasteiger partial charge is 0.491 e. The first-order valence-electron chi connectivity index (χ1n) is 5.16. The lowest BCUT2D eigenvalue weighted by atomic mass is 9.99. The van der Waals surface area contributed by atoms with Crippen LogP contribution in [0.5, 0.6) is 5.75 Å². The topological polar surface area (TPSA) is 12.5 Å². The molecule has 1 aromatic carbocycles. The molecule has 0 radical (unpaired) electrons. The van der Waals surface area contributed by atoms with Crippen molar-refractivity contribution in [3.63, 3.8) is 0 Å². The average molecular weight is 226 g/mol. The normalized spacial score (nSPS) is 19.9. The van der Waals surface area contributed by atoms with Crippen molar-refractivity contribution in [2.75, 3.05) is 20.7 Å². The van der Waals surface area contributed by atoms with E-state index in [0.717, 1.165) is 29.4 Å². The molecule has 15 heavy (non-hydrogen) atoms. The molecule has 0 saturated heterocycles. The number of fused-ring (bicyclic) bond motifs is 1. The maximum Gasteiger partial charge on any atom is 0.125 e. The van der Waals surface area contributed by atoms with E-state index < -0.39 is 0 Å². The third-order valence-corrected chi connectivity index (χ3v) is 3.14. The van der Waals surface area contributed by atoms with Crippen molar-refractivity contribution in [2.45, 2.75) is 19.4 Å². The van der Waals surface area contributed by atoms with E-state index >= 15 is 0 Å². The summed E-state index contributed by atoms with van der Waals surface area (Å²) in [4.78, 5) is 2.19. The second kappa shape index (κ2) is 4.03. The highest BCUT2D eigenvalue weighted by Gasteiger charge is 2.22. The van der Waals surface area contributed by atoms with Crippen LogP contribution >= 0.6 is 11.6 Å². The Bertz CT molecular complexity index is 376. The van der Waals surface area contributed by atoms with E-state index in [2.05, 4.69) is 19.0 Å². The number of rotatable bonds is 1. The fourth-order valence-electron chi connectivity index (χ4n) is 1.98. The summed E-state index contributed by atoms with van der Waals surface area (Å²) in [7, 11) is 4.16. The van der Waals surface area contributed by atoms with Gasteiger partial charge in [-0.15, -0.1) is 0 Å². The number of ether oxygens (including phenoxy) is 1. The van der Waals surface area contributed by atoms with Crippen molar-refractivity contribution in [3.05, 3.63) is 28.3 Å². The van der Waals surface area contributed by atoms with Gasteiger partial charge in [0, 0.05) is 11.1 Å². The van der Waals surface area contributed by atoms with Crippen LogP contribution in [0.3, 0.4) is 0 Å². The summed E-state index contributed by atoms with van der Waals surface area (Å²) in [5.41, 5.74) is 2.36. The average Bonchev–Trinajstić information content (AvgIpc) is 2.16. The van der Waals surface area contributed by atoms with Crippen molar-refractivity contribution in [1.82, 2.24) is 4.90 Å².